The van der Waals surface area contributed by atoms with Crippen LogP contribution in [0.15, 0.2) is 0 Å². The molecule has 0 aromatic carbocycles. The monoisotopic (exact) mass is 157 g/mol. The second kappa shape index (κ2) is 26.3. The normalized spacial score (nSPS) is 0. The molecule has 0 aromatic heterocycles. The molecule has 0 saturated heterocycles. The Balaban J connectivity index is 0. The van der Waals surface area contributed by atoms with Gasteiger partial charge in [0.2, 0.25) is 0 Å². The average molecular weight is 160 g/mol. The molecule has 0 radical (unpaired) electrons. The summed E-state index contributed by atoms with van der Waals surface area (Å²) in [7, 11) is 0. The minimum Gasteiger partial charge on any atom is 0 e. The second-order valence-corrected chi connectivity index (χ2v) is 0. The molecule has 0 unspecified atom stereocenters. The molecule has 0 spiro atoms. The third kappa shape index (κ3) is 10.1. The van der Waals surface area contributed by atoms with Crippen LogP contribution in [0.1, 0.15) is 0 Å². The SMILES string of the molecule is O.[BeH2].[Zn].[Zn]. The van der Waals surface area contributed by atoms with Crippen LogP contribution >= 0.6 is 0 Å². The summed E-state index contributed by atoms with van der Waals surface area (Å²) < 4.78 is 0. The minimum atomic E-state index is 0. The summed E-state index contributed by atoms with van der Waals surface area (Å²) in [4.78, 5) is 0. The molecule has 4 heteroatoms. The first-order valence-corrected chi connectivity index (χ1v) is 0. The van der Waals surface area contributed by atoms with Crippen molar-refractivity contribution in [2.24, 2.45) is 0 Å². The predicted molar refractivity (Wildman–Crippen MR) is 12.2 cm³/mol. The summed E-state index contributed by atoms with van der Waals surface area (Å²) in [6.07, 6.45) is 0. The van der Waals surface area contributed by atoms with Gasteiger partial charge in [0, 0.05) is 39.0 Å². The van der Waals surface area contributed by atoms with Crippen LogP contribution in [-0.2, 0) is 39.0 Å². The van der Waals surface area contributed by atoms with E-state index in [9.17, 15) is 0 Å². The molecule has 0 rings (SSSR count). The molecule has 0 bridgehead atoms. The number of rotatable bonds is 0. The first-order chi connectivity index (χ1) is 0. The summed E-state index contributed by atoms with van der Waals surface area (Å²) in [5.74, 6) is 0. The van der Waals surface area contributed by atoms with E-state index in [1.807, 2.05) is 0 Å². The van der Waals surface area contributed by atoms with E-state index in [4.69, 9.17) is 0 Å². The van der Waals surface area contributed by atoms with E-state index in [0.717, 1.165) is 0 Å². The summed E-state index contributed by atoms with van der Waals surface area (Å²) in [5, 5.41) is 0. The molecule has 4 heavy (non-hydrogen) atoms. The quantitative estimate of drug-likeness (QED) is 0.376. The van der Waals surface area contributed by atoms with Gasteiger partial charge in [-0.15, -0.1) is 0 Å². The van der Waals surface area contributed by atoms with Crippen molar-refractivity contribution in [3.8, 4) is 0 Å². The molecule has 0 aliphatic heterocycles. The Morgan fingerprint density at radius 2 is 0.750 bits per heavy atom. The molecule has 0 atom stereocenters. The van der Waals surface area contributed by atoms with Crippen LogP contribution in [0.2, 0.25) is 0 Å². The Hall–Kier alpha value is 1.38. The smallest absolute Gasteiger partial charge is 0 e. The summed E-state index contributed by atoms with van der Waals surface area (Å²) >= 11 is 0. The van der Waals surface area contributed by atoms with Crippen molar-refractivity contribution >= 4 is 10.1 Å². The molecular weight excluding hydrogens is 156 g/mol. The van der Waals surface area contributed by atoms with E-state index in [-0.39, 0.29) is 54.6 Å². The zero-order valence-electron chi connectivity index (χ0n) is 1.91. The third-order valence-electron chi connectivity index (χ3n) is 0. The van der Waals surface area contributed by atoms with Crippen molar-refractivity contribution in [3.05, 3.63) is 0 Å². The molecule has 0 amide bonds. The van der Waals surface area contributed by atoms with Crippen molar-refractivity contribution in [3.63, 3.8) is 0 Å². The maximum absolute atomic E-state index is 0. The molecule has 2 N–H and O–H groups in total. The molecule has 16 valence electrons. The fourth-order valence-corrected chi connectivity index (χ4v) is 0. The van der Waals surface area contributed by atoms with Gasteiger partial charge in [0.25, 0.3) is 0 Å². The number of hydrogen-bond donors (Lipinski definition) is 0. The average Bonchev–Trinajstić information content (AvgIpc) is 0. The van der Waals surface area contributed by atoms with Crippen molar-refractivity contribution in [1.29, 1.82) is 0 Å². The standard InChI is InChI=1S/Be.H2O.2Zn.2H/h;1H2;;;;. The van der Waals surface area contributed by atoms with Gasteiger partial charge in [0.05, 0.1) is 0 Å². The Kier molecular flexibility index (Phi) is 358. The van der Waals surface area contributed by atoms with E-state index in [1.54, 1.807) is 0 Å². The Morgan fingerprint density at radius 3 is 0.750 bits per heavy atom. The summed E-state index contributed by atoms with van der Waals surface area (Å²) in [5.41, 5.74) is 0. The van der Waals surface area contributed by atoms with Crippen LogP contribution in [0.3, 0.4) is 0 Å². The van der Waals surface area contributed by atoms with Crippen LogP contribution in [0, 0.1) is 0 Å². The van der Waals surface area contributed by atoms with E-state index >= 15 is 0 Å². The van der Waals surface area contributed by atoms with Gasteiger partial charge in [-0.3, -0.25) is 0 Å². The van der Waals surface area contributed by atoms with Crippen LogP contribution in [0.4, 0.5) is 0 Å². The van der Waals surface area contributed by atoms with Crippen LogP contribution < -0.4 is 0 Å². The van der Waals surface area contributed by atoms with Crippen LogP contribution in [0.5, 0.6) is 0 Å². The zero-order valence-corrected chi connectivity index (χ0v) is 7.85. The fraction of sp³-hybridized carbons (Fsp3) is 0. The van der Waals surface area contributed by atoms with Gasteiger partial charge in [-0.25, -0.2) is 0 Å². The van der Waals surface area contributed by atoms with Gasteiger partial charge in [-0.1, -0.05) is 0 Å². The fourth-order valence-electron chi connectivity index (χ4n) is 0. The van der Waals surface area contributed by atoms with Gasteiger partial charge in [-0.2, -0.15) is 0 Å². The van der Waals surface area contributed by atoms with Gasteiger partial charge < -0.3 is 5.48 Å². The van der Waals surface area contributed by atoms with Crippen molar-refractivity contribution in [1.82, 2.24) is 0 Å². The molecule has 0 heterocycles. The van der Waals surface area contributed by atoms with Crippen molar-refractivity contribution < 1.29 is 44.4 Å². The first kappa shape index (κ1) is 54.4. The second-order valence-electron chi connectivity index (χ2n) is 0. The number of hydrogen-bond acceptors (Lipinski definition) is 0. The largest absolute Gasteiger partial charge is 0 e. The Morgan fingerprint density at radius 1 is 0.750 bits per heavy atom. The summed E-state index contributed by atoms with van der Waals surface area (Å²) in [6.45, 7) is 0. The first-order valence-electron chi connectivity index (χ1n) is 0. The molecule has 0 aliphatic rings. The predicted octanol–water partition coefficient (Wildman–Crippen LogP) is -1.75. The van der Waals surface area contributed by atoms with E-state index in [2.05, 4.69) is 0 Å². The van der Waals surface area contributed by atoms with Crippen molar-refractivity contribution in [2.45, 2.75) is 0 Å². The minimum absolute atomic E-state index is 0. The van der Waals surface area contributed by atoms with Crippen LogP contribution in [-0.4, -0.2) is 15.6 Å². The van der Waals surface area contributed by atoms with Gasteiger partial charge in [0.1, 0.15) is 0 Å². The summed E-state index contributed by atoms with van der Waals surface area (Å²) in [6, 6.07) is 0. The van der Waals surface area contributed by atoms with E-state index in [1.165, 1.54) is 0 Å². The topological polar surface area (TPSA) is 31.5 Å². The Labute approximate surface area is 54.6 Å². The molecule has 0 aliphatic carbocycles. The van der Waals surface area contributed by atoms with E-state index in [0.29, 0.717) is 0 Å². The molecule has 0 aromatic rings. The maximum atomic E-state index is 0. The molecule has 1 nitrogen and oxygen atoms in total. The van der Waals surface area contributed by atoms with Crippen molar-refractivity contribution in [2.75, 3.05) is 0 Å². The zero-order chi connectivity index (χ0) is 0. The van der Waals surface area contributed by atoms with Gasteiger partial charge in [0.15, 0.2) is 0 Å². The van der Waals surface area contributed by atoms with Crippen LogP contribution in [0.25, 0.3) is 0 Å². The Bertz CT molecular complexity index is 6.00. The molecule has 0 saturated carbocycles. The van der Waals surface area contributed by atoms with E-state index < -0.39 is 0 Å². The maximum Gasteiger partial charge on any atom is 0 e. The van der Waals surface area contributed by atoms with Gasteiger partial charge in [-0.05, 0) is 0 Å². The van der Waals surface area contributed by atoms with Gasteiger partial charge >= 0.3 is 10.1 Å². The molecular formula is H4BeOZn2. The molecule has 0 fully saturated rings. The third-order valence-corrected chi connectivity index (χ3v) is 0.